The van der Waals surface area contributed by atoms with Gasteiger partial charge in [0.05, 0.1) is 11.1 Å². The largest absolute Gasteiger partial charge is 0.489 e. The fourth-order valence-corrected chi connectivity index (χ4v) is 2.82. The van der Waals surface area contributed by atoms with E-state index in [2.05, 4.69) is 0 Å². The normalized spacial score (nSPS) is 12.1. The lowest BCUT2D eigenvalue weighted by molar-refractivity contribution is -0.139. The van der Waals surface area contributed by atoms with Gasteiger partial charge in [0.1, 0.15) is 29.8 Å². The molecule has 0 aliphatic carbocycles. The summed E-state index contributed by atoms with van der Waals surface area (Å²) in [6.07, 6.45) is -1.45. The van der Waals surface area contributed by atoms with Gasteiger partial charge in [0, 0.05) is 17.5 Å². The fourth-order valence-electron chi connectivity index (χ4n) is 2.82. The number of rotatable bonds is 4. The van der Waals surface area contributed by atoms with Crippen molar-refractivity contribution in [2.75, 3.05) is 6.61 Å². The zero-order valence-electron chi connectivity index (χ0n) is 14.6. The predicted octanol–water partition coefficient (Wildman–Crippen LogP) is 6.90. The molecule has 3 aromatic rings. The Labute approximate surface area is 156 Å². The molecule has 0 N–H and O–H groups in total. The number of halogens is 6. The topological polar surface area (TPSA) is 9.23 Å². The average molecular weight is 396 g/mol. The van der Waals surface area contributed by atoms with Crippen molar-refractivity contribution in [3.8, 4) is 16.9 Å². The summed E-state index contributed by atoms with van der Waals surface area (Å²) < 4.78 is 86.7. The zero-order chi connectivity index (χ0) is 20.5. The smallest absolute Gasteiger partial charge is 0.419 e. The van der Waals surface area contributed by atoms with E-state index in [1.165, 1.54) is 12.1 Å². The number of alkyl halides is 3. The highest BCUT2D eigenvalue weighted by Gasteiger charge is 2.34. The number of benzene rings is 3. The van der Waals surface area contributed by atoms with Gasteiger partial charge in [-0.3, -0.25) is 0 Å². The Balaban J connectivity index is 2.04. The van der Waals surface area contributed by atoms with Gasteiger partial charge in [0.25, 0.3) is 0 Å². The zero-order valence-corrected chi connectivity index (χ0v) is 14.6. The third kappa shape index (κ3) is 3.83. The van der Waals surface area contributed by atoms with Crippen molar-refractivity contribution >= 4 is 10.8 Å². The first kappa shape index (κ1) is 19.8. The molecule has 146 valence electrons. The molecule has 0 saturated heterocycles. The van der Waals surface area contributed by atoms with Crippen molar-refractivity contribution in [3.63, 3.8) is 0 Å². The third-order valence-corrected chi connectivity index (χ3v) is 4.15. The molecule has 0 aliphatic heterocycles. The van der Waals surface area contributed by atoms with E-state index in [1.807, 2.05) is 0 Å². The van der Waals surface area contributed by atoms with Crippen molar-refractivity contribution in [3.05, 3.63) is 77.6 Å². The maximum atomic E-state index is 14.4. The fraction of sp³-hybridized carbons (Fsp3) is 0.143. The molecule has 0 spiro atoms. The molecule has 0 aromatic heterocycles. The summed E-state index contributed by atoms with van der Waals surface area (Å²) in [6.45, 7) is 1.92. The molecular weight excluding hydrogens is 382 g/mol. The SMILES string of the molecule is CC=CCOc1cc(F)c(-c2ccc3c(F)c(C(F)(F)F)ccc3c2)c(F)c1. The van der Waals surface area contributed by atoms with Crippen LogP contribution in [-0.4, -0.2) is 6.61 Å². The predicted molar refractivity (Wildman–Crippen MR) is 94.6 cm³/mol. The van der Waals surface area contributed by atoms with E-state index in [0.29, 0.717) is 6.07 Å². The van der Waals surface area contributed by atoms with Crippen LogP contribution < -0.4 is 4.74 Å². The van der Waals surface area contributed by atoms with Crippen molar-refractivity contribution in [1.82, 2.24) is 0 Å². The Morgan fingerprint density at radius 1 is 0.929 bits per heavy atom. The van der Waals surface area contributed by atoms with Gasteiger partial charge in [0.15, 0.2) is 0 Å². The number of fused-ring (bicyclic) bond motifs is 1. The molecule has 28 heavy (non-hydrogen) atoms. The van der Waals surface area contributed by atoms with Gasteiger partial charge in [0.2, 0.25) is 0 Å². The minimum absolute atomic E-state index is 0.00139. The number of hydrogen-bond acceptors (Lipinski definition) is 1. The number of allylic oxidation sites excluding steroid dienone is 1. The molecule has 0 amide bonds. The summed E-state index contributed by atoms with van der Waals surface area (Å²) >= 11 is 0. The Morgan fingerprint density at radius 3 is 2.21 bits per heavy atom. The van der Waals surface area contributed by atoms with Crippen molar-refractivity contribution in [2.45, 2.75) is 13.1 Å². The van der Waals surface area contributed by atoms with Crippen LogP contribution in [-0.2, 0) is 6.18 Å². The lowest BCUT2D eigenvalue weighted by Gasteiger charge is -2.12. The molecular formula is C21H14F6O. The van der Waals surface area contributed by atoms with Crippen LogP contribution in [0.2, 0.25) is 0 Å². The molecule has 0 aliphatic rings. The van der Waals surface area contributed by atoms with E-state index in [-0.39, 0.29) is 34.3 Å². The minimum Gasteiger partial charge on any atom is -0.489 e. The second-order valence-electron chi connectivity index (χ2n) is 6.00. The second kappa shape index (κ2) is 7.58. The van der Waals surface area contributed by atoms with Gasteiger partial charge in [-0.15, -0.1) is 0 Å². The van der Waals surface area contributed by atoms with E-state index >= 15 is 0 Å². The van der Waals surface area contributed by atoms with E-state index in [4.69, 9.17) is 4.74 Å². The van der Waals surface area contributed by atoms with Crippen LogP contribution >= 0.6 is 0 Å². The van der Waals surface area contributed by atoms with Crippen LogP contribution in [0.5, 0.6) is 5.75 Å². The first-order valence-corrected chi connectivity index (χ1v) is 8.25. The molecule has 3 rings (SSSR count). The monoisotopic (exact) mass is 396 g/mol. The minimum atomic E-state index is -4.84. The van der Waals surface area contributed by atoms with Crippen molar-refractivity contribution in [1.29, 1.82) is 0 Å². The summed E-state index contributed by atoms with van der Waals surface area (Å²) in [5, 5.41) is -0.194. The van der Waals surface area contributed by atoms with Crippen molar-refractivity contribution < 1.29 is 31.1 Å². The third-order valence-electron chi connectivity index (χ3n) is 4.15. The molecule has 0 unspecified atom stereocenters. The molecule has 0 heterocycles. The standard InChI is InChI=1S/C21H14F6O/c1-2-3-8-28-14-10-17(22)19(18(23)11-14)13-4-6-15-12(9-13)5-7-16(20(15)24)21(25,26)27/h2-7,9-11H,8H2,1H3. The highest BCUT2D eigenvalue weighted by atomic mass is 19.4. The quantitative estimate of drug-likeness (QED) is 0.344. The summed E-state index contributed by atoms with van der Waals surface area (Å²) in [5.74, 6) is -3.23. The first-order valence-electron chi connectivity index (χ1n) is 8.25. The lowest BCUT2D eigenvalue weighted by Crippen LogP contribution is -2.08. The molecule has 1 nitrogen and oxygen atoms in total. The van der Waals surface area contributed by atoms with Crippen LogP contribution in [0.4, 0.5) is 26.3 Å². The van der Waals surface area contributed by atoms with Crippen LogP contribution in [0.15, 0.2) is 54.6 Å². The summed E-state index contributed by atoms with van der Waals surface area (Å²) in [6, 6.07) is 7.18. The van der Waals surface area contributed by atoms with E-state index in [1.54, 1.807) is 19.1 Å². The average Bonchev–Trinajstić information content (AvgIpc) is 2.60. The van der Waals surface area contributed by atoms with E-state index in [0.717, 1.165) is 24.3 Å². The van der Waals surface area contributed by atoms with E-state index in [9.17, 15) is 26.3 Å². The molecule has 0 atom stereocenters. The number of ether oxygens (including phenoxy) is 1. The number of hydrogen-bond donors (Lipinski definition) is 0. The maximum absolute atomic E-state index is 14.4. The van der Waals surface area contributed by atoms with Crippen molar-refractivity contribution in [2.24, 2.45) is 0 Å². The molecule has 3 aromatic carbocycles. The van der Waals surface area contributed by atoms with E-state index < -0.39 is 29.2 Å². The molecule has 0 fully saturated rings. The van der Waals surface area contributed by atoms with Crippen LogP contribution in [0.1, 0.15) is 12.5 Å². The van der Waals surface area contributed by atoms with Crippen LogP contribution in [0.25, 0.3) is 21.9 Å². The maximum Gasteiger partial charge on any atom is 0.419 e. The molecule has 0 radical (unpaired) electrons. The van der Waals surface area contributed by atoms with Gasteiger partial charge >= 0.3 is 6.18 Å². The Kier molecular flexibility index (Phi) is 5.36. The molecule has 0 saturated carbocycles. The highest BCUT2D eigenvalue weighted by Crippen LogP contribution is 2.37. The molecule has 7 heteroatoms. The summed E-state index contributed by atoms with van der Waals surface area (Å²) in [7, 11) is 0. The van der Waals surface area contributed by atoms with Gasteiger partial charge < -0.3 is 4.74 Å². The summed E-state index contributed by atoms with van der Waals surface area (Å²) in [5.41, 5.74) is -1.70. The Bertz CT molecular complexity index is 1030. The lowest BCUT2D eigenvalue weighted by atomic mass is 9.98. The van der Waals surface area contributed by atoms with Crippen LogP contribution in [0.3, 0.4) is 0 Å². The Hall–Kier alpha value is -2.96. The van der Waals surface area contributed by atoms with Gasteiger partial charge in [-0.25, -0.2) is 13.2 Å². The summed E-state index contributed by atoms with van der Waals surface area (Å²) in [4.78, 5) is 0. The van der Waals surface area contributed by atoms with Crippen LogP contribution in [0, 0.1) is 17.5 Å². The van der Waals surface area contributed by atoms with Gasteiger partial charge in [-0.2, -0.15) is 13.2 Å². The Morgan fingerprint density at radius 2 is 1.61 bits per heavy atom. The first-order chi connectivity index (χ1) is 13.2. The second-order valence-corrected chi connectivity index (χ2v) is 6.00. The van der Waals surface area contributed by atoms with Gasteiger partial charge in [-0.05, 0) is 30.0 Å². The van der Waals surface area contributed by atoms with Gasteiger partial charge in [-0.1, -0.05) is 30.4 Å². The molecule has 0 bridgehead atoms. The highest BCUT2D eigenvalue weighted by molar-refractivity contribution is 5.88.